The van der Waals surface area contributed by atoms with Gasteiger partial charge in [0.15, 0.2) is 0 Å². The van der Waals surface area contributed by atoms with Crippen molar-refractivity contribution in [1.29, 1.82) is 0 Å². The third-order valence-corrected chi connectivity index (χ3v) is 5.44. The number of nitro benzene ring substituents is 1. The maximum atomic E-state index is 11.3. The van der Waals surface area contributed by atoms with Crippen LogP contribution in [0.5, 0.6) is 0 Å². The molecule has 1 unspecified atom stereocenters. The van der Waals surface area contributed by atoms with Crippen LogP contribution in [0.1, 0.15) is 6.42 Å². The Kier molecular flexibility index (Phi) is 4.72. The van der Waals surface area contributed by atoms with Gasteiger partial charge < -0.3 is 10.1 Å². The second kappa shape index (κ2) is 6.63. The number of anilines is 1. The van der Waals surface area contributed by atoms with Crippen LogP contribution in [-0.2, 0) is 14.8 Å². The summed E-state index contributed by atoms with van der Waals surface area (Å²) in [5.41, 5.74) is 0.0154. The van der Waals surface area contributed by atoms with E-state index in [1.54, 1.807) is 0 Å². The lowest BCUT2D eigenvalue weighted by Gasteiger charge is -2.34. The lowest BCUT2D eigenvalue weighted by Crippen LogP contribution is -2.48. The topological polar surface area (TPSA) is 128 Å². The number of rotatable bonds is 6. The molecule has 0 radical (unpaired) electrons. The summed E-state index contributed by atoms with van der Waals surface area (Å²) < 4.78 is 27.9. The van der Waals surface area contributed by atoms with Crippen LogP contribution in [0, 0.1) is 16.0 Å². The van der Waals surface area contributed by atoms with Gasteiger partial charge in [-0.25, -0.2) is 13.6 Å². The Balaban J connectivity index is 1.65. The average molecular weight is 356 g/mol. The van der Waals surface area contributed by atoms with E-state index in [0.717, 1.165) is 38.8 Å². The first-order valence-corrected chi connectivity index (χ1v) is 9.26. The molecule has 0 spiro atoms. The van der Waals surface area contributed by atoms with Crippen LogP contribution in [0.25, 0.3) is 0 Å². The maximum Gasteiger partial charge on any atom is 0.293 e. The maximum absolute atomic E-state index is 11.3. The molecule has 0 aromatic heterocycles. The molecule has 1 aromatic rings. The first kappa shape index (κ1) is 17.1. The number of nitrogens with one attached hydrogen (secondary N) is 1. The minimum absolute atomic E-state index is 0.267. The summed E-state index contributed by atoms with van der Waals surface area (Å²) in [5, 5.41) is 19.3. The van der Waals surface area contributed by atoms with Gasteiger partial charge in [0, 0.05) is 19.2 Å². The lowest BCUT2D eigenvalue weighted by atomic mass is 10.1. The van der Waals surface area contributed by atoms with Gasteiger partial charge in [0.05, 0.1) is 29.1 Å². The molecular formula is C14H20N4O5S. The number of nitro groups is 1. The molecule has 1 aromatic carbocycles. The van der Waals surface area contributed by atoms with Gasteiger partial charge in [0.1, 0.15) is 5.69 Å². The van der Waals surface area contributed by atoms with Gasteiger partial charge in [-0.3, -0.25) is 15.0 Å². The molecule has 1 atom stereocenters. The summed E-state index contributed by atoms with van der Waals surface area (Å²) in [7, 11) is -3.97. The van der Waals surface area contributed by atoms with Gasteiger partial charge in [-0.05, 0) is 31.0 Å². The number of likely N-dealkylation sites (tertiary alicyclic amines) is 1. The summed E-state index contributed by atoms with van der Waals surface area (Å²) in [5.74, 6) is 0.392. The van der Waals surface area contributed by atoms with E-state index in [0.29, 0.717) is 24.2 Å². The zero-order valence-electron chi connectivity index (χ0n) is 13.1. The molecule has 3 rings (SSSR count). The number of sulfonamides is 1. The quantitative estimate of drug-likeness (QED) is 0.557. The Hall–Kier alpha value is -1.75. The largest absolute Gasteiger partial charge is 0.379 e. The first-order valence-electron chi connectivity index (χ1n) is 7.71. The number of nitrogens with zero attached hydrogens (tertiary/aromatic N) is 2. The van der Waals surface area contributed by atoms with Crippen molar-refractivity contribution in [3.8, 4) is 0 Å². The van der Waals surface area contributed by atoms with Crippen molar-refractivity contribution in [3.63, 3.8) is 0 Å². The van der Waals surface area contributed by atoms with Gasteiger partial charge in [0.2, 0.25) is 10.0 Å². The Morgan fingerprint density at radius 1 is 1.42 bits per heavy atom. The van der Waals surface area contributed by atoms with Crippen LogP contribution >= 0.6 is 0 Å². The van der Waals surface area contributed by atoms with E-state index in [4.69, 9.17) is 9.88 Å². The molecule has 0 aliphatic carbocycles. The number of hydrogen-bond acceptors (Lipinski definition) is 7. The number of hydrogen-bond donors (Lipinski definition) is 2. The van der Waals surface area contributed by atoms with E-state index in [9.17, 15) is 18.5 Å². The fraction of sp³-hybridized carbons (Fsp3) is 0.571. The van der Waals surface area contributed by atoms with Gasteiger partial charge in [-0.15, -0.1) is 0 Å². The van der Waals surface area contributed by atoms with E-state index >= 15 is 0 Å². The summed E-state index contributed by atoms with van der Waals surface area (Å²) >= 11 is 0. The zero-order chi connectivity index (χ0) is 17.3. The van der Waals surface area contributed by atoms with Gasteiger partial charge in [-0.2, -0.15) is 0 Å². The predicted molar refractivity (Wildman–Crippen MR) is 87.2 cm³/mol. The smallest absolute Gasteiger partial charge is 0.293 e. The van der Waals surface area contributed by atoms with Crippen LogP contribution in [-0.4, -0.2) is 57.1 Å². The highest BCUT2D eigenvalue weighted by molar-refractivity contribution is 7.89. The fourth-order valence-electron chi connectivity index (χ4n) is 3.04. The molecule has 24 heavy (non-hydrogen) atoms. The molecule has 0 amide bonds. The van der Waals surface area contributed by atoms with E-state index in [1.807, 2.05) is 0 Å². The van der Waals surface area contributed by atoms with Crippen LogP contribution in [0.15, 0.2) is 23.1 Å². The van der Waals surface area contributed by atoms with E-state index in [2.05, 4.69) is 10.2 Å². The van der Waals surface area contributed by atoms with Crippen molar-refractivity contribution < 1.29 is 18.1 Å². The predicted octanol–water partition coefficient (Wildman–Crippen LogP) is 0.375. The molecule has 9 nitrogen and oxygen atoms in total. The minimum atomic E-state index is -3.97. The summed E-state index contributed by atoms with van der Waals surface area (Å²) in [6.07, 6.45) is 1.02. The van der Waals surface area contributed by atoms with E-state index < -0.39 is 14.9 Å². The van der Waals surface area contributed by atoms with Crippen LogP contribution in [0.3, 0.4) is 0 Å². The second-order valence-corrected chi connectivity index (χ2v) is 7.76. The molecule has 0 bridgehead atoms. The number of ether oxygens (including phenoxy) is 1. The third-order valence-electron chi connectivity index (χ3n) is 4.53. The fourth-order valence-corrected chi connectivity index (χ4v) is 3.57. The number of nitrogens with two attached hydrogens (primary N) is 1. The Bertz CT molecular complexity index is 735. The summed E-state index contributed by atoms with van der Waals surface area (Å²) in [6, 6.07) is 4.16. The molecule has 0 saturated carbocycles. The first-order chi connectivity index (χ1) is 11.3. The molecule has 2 aliphatic rings. The molecule has 3 N–H and O–H groups in total. The van der Waals surface area contributed by atoms with Crippen LogP contribution < -0.4 is 10.5 Å². The van der Waals surface area contributed by atoms with Crippen molar-refractivity contribution in [2.24, 2.45) is 11.1 Å². The molecule has 2 saturated heterocycles. The van der Waals surface area contributed by atoms with Crippen molar-refractivity contribution >= 4 is 21.4 Å². The van der Waals surface area contributed by atoms with Crippen molar-refractivity contribution in [2.45, 2.75) is 17.4 Å². The van der Waals surface area contributed by atoms with Crippen molar-refractivity contribution in [2.75, 3.05) is 38.2 Å². The molecule has 2 fully saturated rings. The molecular weight excluding hydrogens is 336 g/mol. The third kappa shape index (κ3) is 3.66. The second-order valence-electron chi connectivity index (χ2n) is 6.20. The Morgan fingerprint density at radius 3 is 2.75 bits per heavy atom. The monoisotopic (exact) mass is 356 g/mol. The highest BCUT2D eigenvalue weighted by atomic mass is 32.2. The SMILES string of the molecule is NS(=O)(=O)c1ccc(NCC2CCN(C3COC3)C2)c([N+](=O)[O-])c1. The van der Waals surface area contributed by atoms with Crippen molar-refractivity contribution in [3.05, 3.63) is 28.3 Å². The van der Waals surface area contributed by atoms with Crippen LogP contribution in [0.4, 0.5) is 11.4 Å². The zero-order valence-corrected chi connectivity index (χ0v) is 13.9. The van der Waals surface area contributed by atoms with E-state index in [-0.39, 0.29) is 10.6 Å². The number of benzene rings is 1. The molecule has 10 heteroatoms. The average Bonchev–Trinajstić information content (AvgIpc) is 2.90. The Labute approximate surface area is 140 Å². The highest BCUT2D eigenvalue weighted by Gasteiger charge is 2.32. The molecule has 132 valence electrons. The normalized spacial score (nSPS) is 22.3. The number of primary sulfonamides is 1. The van der Waals surface area contributed by atoms with E-state index in [1.165, 1.54) is 12.1 Å². The van der Waals surface area contributed by atoms with Gasteiger partial charge >= 0.3 is 0 Å². The lowest BCUT2D eigenvalue weighted by molar-refractivity contribution is -0.384. The molecule has 2 aliphatic heterocycles. The minimum Gasteiger partial charge on any atom is -0.379 e. The molecule has 2 heterocycles. The summed E-state index contributed by atoms with van der Waals surface area (Å²) in [4.78, 5) is 12.7. The van der Waals surface area contributed by atoms with Crippen LogP contribution in [0.2, 0.25) is 0 Å². The van der Waals surface area contributed by atoms with Crippen molar-refractivity contribution in [1.82, 2.24) is 4.90 Å². The standard InChI is InChI=1S/C14H20N4O5S/c15-24(21,22)12-1-2-13(14(5-12)18(19)20)16-6-10-3-4-17(7-10)11-8-23-9-11/h1-2,5,10-11,16H,3-4,6-9H2,(H2,15,21,22). The highest BCUT2D eigenvalue weighted by Crippen LogP contribution is 2.28. The van der Waals surface area contributed by atoms with Gasteiger partial charge in [0.25, 0.3) is 5.69 Å². The Morgan fingerprint density at radius 2 is 2.17 bits per heavy atom. The van der Waals surface area contributed by atoms with Gasteiger partial charge in [-0.1, -0.05) is 0 Å². The summed E-state index contributed by atoms with van der Waals surface area (Å²) in [6.45, 7) is 4.10.